The minimum atomic E-state index is -0.143. The molecule has 0 aliphatic carbocycles. The van der Waals surface area contributed by atoms with Crippen LogP contribution < -0.4 is 10.2 Å². The molecule has 1 unspecified atom stereocenters. The molecule has 118 valence electrons. The summed E-state index contributed by atoms with van der Waals surface area (Å²) < 4.78 is 13.6. The Morgan fingerprint density at radius 1 is 1.38 bits per heavy atom. The molecule has 1 aliphatic heterocycles. The van der Waals surface area contributed by atoms with Crippen LogP contribution in [0.2, 0.25) is 0 Å². The van der Waals surface area contributed by atoms with Gasteiger partial charge in [-0.3, -0.25) is 0 Å². The molecule has 1 fully saturated rings. The molecule has 0 amide bonds. The zero-order chi connectivity index (χ0) is 15.2. The average molecular weight is 293 g/mol. The number of hydrogen-bond donors (Lipinski definition) is 1. The number of rotatable bonds is 7. The number of likely N-dealkylation sites (N-methyl/N-ethyl adjacent to an activating group) is 1. The monoisotopic (exact) mass is 293 g/mol. The minimum Gasteiger partial charge on any atom is -0.367 e. The third-order valence-electron chi connectivity index (χ3n) is 4.05. The summed E-state index contributed by atoms with van der Waals surface area (Å²) in [5.74, 6) is -0.143. The van der Waals surface area contributed by atoms with Gasteiger partial charge in [-0.15, -0.1) is 0 Å². The average Bonchev–Trinajstić information content (AvgIpc) is 2.86. The molecule has 1 aromatic carbocycles. The second-order valence-electron chi connectivity index (χ2n) is 6.20. The van der Waals surface area contributed by atoms with Crippen molar-refractivity contribution in [1.29, 1.82) is 0 Å². The van der Waals surface area contributed by atoms with Crippen LogP contribution >= 0.6 is 0 Å². The largest absolute Gasteiger partial charge is 0.367 e. The highest BCUT2D eigenvalue weighted by Gasteiger charge is 2.26. The van der Waals surface area contributed by atoms with Crippen molar-refractivity contribution < 1.29 is 4.39 Å². The Labute approximate surface area is 128 Å². The lowest BCUT2D eigenvalue weighted by atomic mass is 10.1. The van der Waals surface area contributed by atoms with Gasteiger partial charge in [0.05, 0.1) is 0 Å². The fourth-order valence-electron chi connectivity index (χ4n) is 3.14. The van der Waals surface area contributed by atoms with Crippen LogP contribution in [0, 0.1) is 5.82 Å². The van der Waals surface area contributed by atoms with Crippen LogP contribution in [0.3, 0.4) is 0 Å². The lowest BCUT2D eigenvalue weighted by molar-refractivity contribution is 0.372. The van der Waals surface area contributed by atoms with Crippen molar-refractivity contribution in [3.63, 3.8) is 0 Å². The molecule has 4 heteroatoms. The maximum Gasteiger partial charge on any atom is 0.123 e. The third-order valence-corrected chi connectivity index (χ3v) is 4.05. The predicted molar refractivity (Wildman–Crippen MR) is 87.3 cm³/mol. The molecule has 1 saturated heterocycles. The van der Waals surface area contributed by atoms with E-state index in [4.69, 9.17) is 0 Å². The fraction of sp³-hybridized carbons (Fsp3) is 0.647. The Morgan fingerprint density at radius 2 is 2.19 bits per heavy atom. The molecule has 0 bridgehead atoms. The second-order valence-corrected chi connectivity index (χ2v) is 6.20. The number of benzene rings is 1. The van der Waals surface area contributed by atoms with Gasteiger partial charge in [-0.1, -0.05) is 6.92 Å². The van der Waals surface area contributed by atoms with Crippen LogP contribution in [-0.2, 0) is 6.54 Å². The number of halogens is 1. The van der Waals surface area contributed by atoms with E-state index in [0.29, 0.717) is 6.04 Å². The Bertz CT molecular complexity index is 448. The first-order valence-electron chi connectivity index (χ1n) is 8.02. The quantitative estimate of drug-likeness (QED) is 0.780. The van der Waals surface area contributed by atoms with E-state index in [1.54, 1.807) is 12.1 Å². The first kappa shape index (κ1) is 16.2. The highest BCUT2D eigenvalue weighted by Crippen LogP contribution is 2.29. The van der Waals surface area contributed by atoms with Gasteiger partial charge in [0.25, 0.3) is 0 Å². The van der Waals surface area contributed by atoms with E-state index < -0.39 is 0 Å². The summed E-state index contributed by atoms with van der Waals surface area (Å²) in [6.45, 7) is 5.99. The second kappa shape index (κ2) is 7.76. The molecule has 1 aromatic rings. The van der Waals surface area contributed by atoms with E-state index in [1.165, 1.54) is 18.5 Å². The summed E-state index contributed by atoms with van der Waals surface area (Å²) in [5.41, 5.74) is 2.28. The van der Waals surface area contributed by atoms with Crippen LogP contribution in [0.1, 0.15) is 31.7 Å². The lowest BCUT2D eigenvalue weighted by Gasteiger charge is -2.31. The summed E-state index contributed by atoms with van der Waals surface area (Å²) in [4.78, 5) is 4.70. The number of nitrogens with zero attached hydrogens (tertiary/aromatic N) is 2. The van der Waals surface area contributed by atoms with Crippen molar-refractivity contribution in [3.05, 3.63) is 29.6 Å². The fourth-order valence-corrected chi connectivity index (χ4v) is 3.14. The van der Waals surface area contributed by atoms with Crippen LogP contribution in [0.15, 0.2) is 18.2 Å². The maximum absolute atomic E-state index is 13.6. The molecule has 0 radical (unpaired) electrons. The summed E-state index contributed by atoms with van der Waals surface area (Å²) >= 11 is 0. The smallest absolute Gasteiger partial charge is 0.123 e. The SMILES string of the molecule is CCCNCc1cc(F)ccc1N1CCCC1CN(C)C. The number of anilines is 1. The van der Waals surface area contributed by atoms with Crippen molar-refractivity contribution in [1.82, 2.24) is 10.2 Å². The van der Waals surface area contributed by atoms with E-state index in [9.17, 15) is 4.39 Å². The molecule has 0 saturated carbocycles. The van der Waals surface area contributed by atoms with Crippen molar-refractivity contribution in [2.24, 2.45) is 0 Å². The zero-order valence-electron chi connectivity index (χ0n) is 13.5. The Morgan fingerprint density at radius 3 is 2.90 bits per heavy atom. The molecule has 2 rings (SSSR count). The molecule has 1 atom stereocenters. The molecule has 1 heterocycles. The van der Waals surface area contributed by atoms with Crippen LogP contribution in [-0.4, -0.2) is 44.7 Å². The Hall–Kier alpha value is -1.13. The summed E-state index contributed by atoms with van der Waals surface area (Å²) in [6.07, 6.45) is 3.53. The Balaban J connectivity index is 2.16. The Kier molecular flexibility index (Phi) is 6.00. The summed E-state index contributed by atoms with van der Waals surface area (Å²) in [5, 5.41) is 3.39. The van der Waals surface area contributed by atoms with E-state index in [-0.39, 0.29) is 5.82 Å². The first-order valence-corrected chi connectivity index (χ1v) is 8.02. The molecular formula is C17H28FN3. The van der Waals surface area contributed by atoms with Gasteiger partial charge < -0.3 is 15.1 Å². The molecular weight excluding hydrogens is 265 g/mol. The lowest BCUT2D eigenvalue weighted by Crippen LogP contribution is -2.38. The van der Waals surface area contributed by atoms with Crippen molar-refractivity contribution >= 4 is 5.69 Å². The van der Waals surface area contributed by atoms with Gasteiger partial charge >= 0.3 is 0 Å². The molecule has 1 N–H and O–H groups in total. The standard InChI is InChI=1S/C17H28FN3/c1-4-9-19-12-14-11-15(18)7-8-17(14)21-10-5-6-16(21)13-20(2)3/h7-8,11,16,19H,4-6,9-10,12-13H2,1-3H3. The molecule has 0 aromatic heterocycles. The van der Waals surface area contributed by atoms with Gasteiger partial charge in [-0.25, -0.2) is 4.39 Å². The highest BCUT2D eigenvalue weighted by atomic mass is 19.1. The first-order chi connectivity index (χ1) is 10.1. The van der Waals surface area contributed by atoms with E-state index in [2.05, 4.69) is 36.1 Å². The molecule has 0 spiro atoms. The normalized spacial score (nSPS) is 18.7. The van der Waals surface area contributed by atoms with Crippen molar-refractivity contribution in [2.45, 2.75) is 38.8 Å². The highest BCUT2D eigenvalue weighted by molar-refractivity contribution is 5.55. The summed E-state index contributed by atoms with van der Waals surface area (Å²) in [6, 6.07) is 5.76. The third kappa shape index (κ3) is 4.42. The van der Waals surface area contributed by atoms with Crippen molar-refractivity contribution in [3.8, 4) is 0 Å². The molecule has 21 heavy (non-hydrogen) atoms. The minimum absolute atomic E-state index is 0.143. The number of hydrogen-bond acceptors (Lipinski definition) is 3. The maximum atomic E-state index is 13.6. The van der Waals surface area contributed by atoms with Gasteiger partial charge in [0.1, 0.15) is 5.82 Å². The molecule has 1 aliphatic rings. The van der Waals surface area contributed by atoms with Crippen LogP contribution in [0.4, 0.5) is 10.1 Å². The predicted octanol–water partition coefficient (Wildman–Crippen LogP) is 2.86. The van der Waals surface area contributed by atoms with Crippen LogP contribution in [0.25, 0.3) is 0 Å². The van der Waals surface area contributed by atoms with Gasteiger partial charge in [-0.05, 0) is 63.7 Å². The topological polar surface area (TPSA) is 18.5 Å². The number of nitrogens with one attached hydrogen (secondary N) is 1. The van der Waals surface area contributed by atoms with Gasteiger partial charge in [0.2, 0.25) is 0 Å². The summed E-state index contributed by atoms with van der Waals surface area (Å²) in [7, 11) is 4.23. The van der Waals surface area contributed by atoms with Crippen LogP contribution in [0.5, 0.6) is 0 Å². The zero-order valence-corrected chi connectivity index (χ0v) is 13.5. The van der Waals surface area contributed by atoms with Gasteiger partial charge in [-0.2, -0.15) is 0 Å². The van der Waals surface area contributed by atoms with E-state index >= 15 is 0 Å². The van der Waals surface area contributed by atoms with Gasteiger partial charge in [0.15, 0.2) is 0 Å². The van der Waals surface area contributed by atoms with Crippen molar-refractivity contribution in [2.75, 3.05) is 38.6 Å². The van der Waals surface area contributed by atoms with E-state index in [0.717, 1.165) is 38.2 Å². The molecule has 3 nitrogen and oxygen atoms in total. The van der Waals surface area contributed by atoms with Gasteiger partial charge in [0, 0.05) is 31.4 Å². The van der Waals surface area contributed by atoms with E-state index in [1.807, 2.05) is 6.07 Å².